The molecule has 0 heterocycles. The molecule has 0 N–H and O–H groups in total. The number of hydrogen-bond acceptors (Lipinski definition) is 0. The van der Waals surface area contributed by atoms with E-state index < -0.39 is 0 Å². The minimum Gasteiger partial charge on any atom is -0.0776 e. The van der Waals surface area contributed by atoms with Crippen molar-refractivity contribution < 1.29 is 0 Å². The first kappa shape index (κ1) is 29.2. The van der Waals surface area contributed by atoms with Gasteiger partial charge in [0, 0.05) is 0 Å². The summed E-state index contributed by atoms with van der Waals surface area (Å²) >= 11 is 0. The highest BCUT2D eigenvalue weighted by atomic mass is 14.0. The fraction of sp³-hybridized carbons (Fsp3) is 1.00. The van der Waals surface area contributed by atoms with Crippen molar-refractivity contribution >= 4 is 0 Å². The third kappa shape index (κ3) is 58.1. The molecule has 1 atom stereocenters. The van der Waals surface area contributed by atoms with Crippen LogP contribution in [-0.4, -0.2) is 0 Å². The van der Waals surface area contributed by atoms with E-state index in [1.165, 1.54) is 19.3 Å². The Bertz CT molecular complexity index is 31.0. The highest BCUT2D eigenvalue weighted by molar-refractivity contribution is 4.45. The van der Waals surface area contributed by atoms with Gasteiger partial charge in [-0.2, -0.15) is 0 Å². The maximum Gasteiger partial charge on any atom is -0.0446 e. The maximum atomic E-state index is 2.31. The van der Waals surface area contributed by atoms with Crippen LogP contribution >= 0.6 is 0 Å². The van der Waals surface area contributed by atoms with Crippen molar-refractivity contribution in [1.29, 1.82) is 0 Å². The van der Waals surface area contributed by atoms with Gasteiger partial charge in [0.25, 0.3) is 0 Å². The van der Waals surface area contributed by atoms with Gasteiger partial charge in [0.05, 0.1) is 0 Å². The van der Waals surface area contributed by atoms with Crippen LogP contribution in [0, 0.1) is 5.92 Å². The molecular weight excluding hydrogens is 168 g/mol. The predicted octanol–water partition coefficient (Wildman–Crippen LogP) is 6.55. The molecule has 14 heavy (non-hydrogen) atoms. The Hall–Kier alpha value is 0. The summed E-state index contributed by atoms with van der Waals surface area (Å²) in [6.45, 7) is 18.8. The van der Waals surface area contributed by atoms with Crippen LogP contribution < -0.4 is 0 Å². The molecule has 0 radical (unpaired) electrons. The lowest BCUT2D eigenvalue weighted by Gasteiger charge is -2.02. The topological polar surface area (TPSA) is 0 Å². The second kappa shape index (κ2) is 52.0. The Kier molecular flexibility index (Phi) is 108. The molecule has 0 heteroatoms. The summed E-state index contributed by atoms with van der Waals surface area (Å²) in [6.07, 6.45) is 4.08. The van der Waals surface area contributed by atoms with E-state index in [1.807, 2.05) is 41.5 Å². The summed E-state index contributed by atoms with van der Waals surface area (Å²) < 4.78 is 0. The normalized spacial score (nSPS) is 8.36. The molecule has 0 aromatic rings. The zero-order chi connectivity index (χ0) is 11.7. The molecule has 0 aromatic carbocycles. The third-order valence-electron chi connectivity index (χ3n) is 1.48. The van der Waals surface area contributed by atoms with E-state index in [9.17, 15) is 0 Å². The molecule has 0 fully saturated rings. The van der Waals surface area contributed by atoms with E-state index in [1.54, 1.807) is 0 Å². The van der Waals surface area contributed by atoms with Crippen molar-refractivity contribution in [1.82, 2.24) is 0 Å². The van der Waals surface area contributed by atoms with Crippen LogP contribution in [0.25, 0.3) is 0 Å². The Labute approximate surface area is 95.5 Å². The Morgan fingerprint density at radius 1 is 0.786 bits per heavy atom. The SMILES string of the molecule is C.CC.CC.CC.CCCC(C)CC. The van der Waals surface area contributed by atoms with E-state index >= 15 is 0 Å². The second-order valence-corrected chi connectivity index (χ2v) is 2.30. The van der Waals surface area contributed by atoms with Gasteiger partial charge >= 0.3 is 0 Å². The molecule has 1 unspecified atom stereocenters. The molecule has 0 nitrogen and oxygen atoms in total. The van der Waals surface area contributed by atoms with Crippen LogP contribution in [0.1, 0.15) is 89.0 Å². The van der Waals surface area contributed by atoms with Crippen molar-refractivity contribution in [2.75, 3.05) is 0 Å². The number of hydrogen-bond donors (Lipinski definition) is 0. The van der Waals surface area contributed by atoms with Crippen LogP contribution in [0.2, 0.25) is 0 Å². The van der Waals surface area contributed by atoms with Crippen LogP contribution in [0.4, 0.5) is 0 Å². The molecular formula is C14H38. The van der Waals surface area contributed by atoms with Gasteiger partial charge in [-0.25, -0.2) is 0 Å². The van der Waals surface area contributed by atoms with Gasteiger partial charge in [-0.05, 0) is 5.92 Å². The van der Waals surface area contributed by atoms with Crippen LogP contribution in [-0.2, 0) is 0 Å². The molecule has 0 saturated heterocycles. The summed E-state index contributed by atoms with van der Waals surface area (Å²) in [4.78, 5) is 0. The Morgan fingerprint density at radius 2 is 1.07 bits per heavy atom. The second-order valence-electron chi connectivity index (χ2n) is 2.30. The first-order valence-corrected chi connectivity index (χ1v) is 6.31. The minimum absolute atomic E-state index is 0. The number of rotatable bonds is 3. The zero-order valence-electron chi connectivity index (χ0n) is 11.7. The summed E-state index contributed by atoms with van der Waals surface area (Å²) in [5.74, 6) is 0.949. The third-order valence-corrected chi connectivity index (χ3v) is 1.48. The van der Waals surface area contributed by atoms with Crippen LogP contribution in [0.5, 0.6) is 0 Å². The van der Waals surface area contributed by atoms with Crippen molar-refractivity contribution in [3.05, 3.63) is 0 Å². The van der Waals surface area contributed by atoms with Gasteiger partial charge in [-0.3, -0.25) is 0 Å². The molecule has 0 bridgehead atoms. The van der Waals surface area contributed by atoms with Crippen molar-refractivity contribution in [2.45, 2.75) is 89.0 Å². The minimum atomic E-state index is 0. The maximum absolute atomic E-state index is 2.31. The van der Waals surface area contributed by atoms with Gasteiger partial charge in [-0.1, -0.05) is 89.0 Å². The van der Waals surface area contributed by atoms with Gasteiger partial charge in [0.1, 0.15) is 0 Å². The molecule has 0 aliphatic heterocycles. The van der Waals surface area contributed by atoms with Gasteiger partial charge < -0.3 is 0 Å². The average molecular weight is 206 g/mol. The van der Waals surface area contributed by atoms with Crippen LogP contribution in [0.15, 0.2) is 0 Å². The van der Waals surface area contributed by atoms with Crippen molar-refractivity contribution in [3.63, 3.8) is 0 Å². The highest BCUT2D eigenvalue weighted by Gasteiger charge is 1.92. The largest absolute Gasteiger partial charge is 0.0776 e. The quantitative estimate of drug-likeness (QED) is 0.491. The highest BCUT2D eigenvalue weighted by Crippen LogP contribution is 2.07. The molecule has 0 saturated carbocycles. The molecule has 94 valence electrons. The van der Waals surface area contributed by atoms with E-state index in [0.29, 0.717) is 0 Å². The monoisotopic (exact) mass is 206 g/mol. The zero-order valence-corrected chi connectivity index (χ0v) is 11.7. The van der Waals surface area contributed by atoms with E-state index in [2.05, 4.69) is 20.8 Å². The molecule has 0 amide bonds. The first-order valence-electron chi connectivity index (χ1n) is 6.31. The summed E-state index contributed by atoms with van der Waals surface area (Å²) in [5.41, 5.74) is 0. The van der Waals surface area contributed by atoms with E-state index in [0.717, 1.165) is 5.92 Å². The lowest BCUT2D eigenvalue weighted by molar-refractivity contribution is 0.509. The summed E-state index contributed by atoms with van der Waals surface area (Å²) in [5, 5.41) is 0. The standard InChI is InChI=1S/C7H16.3C2H6.CH4/c1-4-6-7(3)5-2;3*1-2;/h7H,4-6H2,1-3H3;3*1-2H3;1H4. The molecule has 0 rings (SSSR count). The van der Waals surface area contributed by atoms with Crippen LogP contribution in [0.3, 0.4) is 0 Å². The Morgan fingerprint density at radius 3 is 1.14 bits per heavy atom. The molecule has 0 aromatic heterocycles. The average Bonchev–Trinajstić information content (AvgIpc) is 2.27. The molecule has 0 aliphatic rings. The lowest BCUT2D eigenvalue weighted by Crippen LogP contribution is -1.88. The first-order chi connectivity index (χ1) is 6.31. The molecule has 0 spiro atoms. The summed E-state index contributed by atoms with van der Waals surface area (Å²) in [6, 6.07) is 0. The van der Waals surface area contributed by atoms with Crippen molar-refractivity contribution in [2.24, 2.45) is 5.92 Å². The van der Waals surface area contributed by atoms with Crippen molar-refractivity contribution in [3.8, 4) is 0 Å². The fourth-order valence-electron chi connectivity index (χ4n) is 0.697. The molecule has 0 aliphatic carbocycles. The summed E-state index contributed by atoms with van der Waals surface area (Å²) in [7, 11) is 0. The fourth-order valence-corrected chi connectivity index (χ4v) is 0.697. The lowest BCUT2D eigenvalue weighted by atomic mass is 10.0. The van der Waals surface area contributed by atoms with Gasteiger partial charge in [-0.15, -0.1) is 0 Å². The van der Waals surface area contributed by atoms with E-state index in [-0.39, 0.29) is 7.43 Å². The van der Waals surface area contributed by atoms with Gasteiger partial charge in [0.15, 0.2) is 0 Å². The van der Waals surface area contributed by atoms with E-state index in [4.69, 9.17) is 0 Å². The van der Waals surface area contributed by atoms with Gasteiger partial charge in [0.2, 0.25) is 0 Å². The smallest absolute Gasteiger partial charge is 0.0446 e. The predicted molar refractivity (Wildman–Crippen MR) is 75.1 cm³/mol. The Balaban J connectivity index is -0.0000000332.